The van der Waals surface area contributed by atoms with Gasteiger partial charge >= 0.3 is 0 Å². The first-order chi connectivity index (χ1) is 12.6. The van der Waals surface area contributed by atoms with E-state index < -0.39 is 0 Å². The first-order valence-electron chi connectivity index (χ1n) is 7.95. The van der Waals surface area contributed by atoms with Crippen LogP contribution in [-0.2, 0) is 4.79 Å². The number of methoxy groups -OCH3 is 1. The summed E-state index contributed by atoms with van der Waals surface area (Å²) >= 11 is 3.52. The summed E-state index contributed by atoms with van der Waals surface area (Å²) in [5.41, 5.74) is 1.67. The van der Waals surface area contributed by atoms with Crippen LogP contribution in [0.5, 0.6) is 11.5 Å². The highest BCUT2D eigenvalue weighted by atomic mass is 127. The van der Waals surface area contributed by atoms with Crippen molar-refractivity contribution in [1.29, 1.82) is 0 Å². The highest BCUT2D eigenvalue weighted by Gasteiger charge is 2.24. The molecule has 1 amide bonds. The lowest BCUT2D eigenvalue weighted by atomic mass is 10.2. The van der Waals surface area contributed by atoms with E-state index in [1.54, 1.807) is 7.11 Å². The molecule has 0 aliphatic carbocycles. The zero-order valence-electron chi connectivity index (χ0n) is 14.3. The van der Waals surface area contributed by atoms with Gasteiger partial charge in [-0.05, 0) is 77.2 Å². The number of amides is 1. The summed E-state index contributed by atoms with van der Waals surface area (Å²) in [5.74, 6) is 1.20. The van der Waals surface area contributed by atoms with Gasteiger partial charge in [0.25, 0.3) is 5.91 Å². The van der Waals surface area contributed by atoms with Crippen molar-refractivity contribution in [3.05, 3.63) is 56.5 Å². The van der Waals surface area contributed by atoms with Crippen LogP contribution in [0.1, 0.15) is 12.5 Å². The Bertz CT molecular complexity index is 882. The number of aliphatic imine (C=N–C) groups is 1. The Hall–Kier alpha value is -2.00. The molecule has 0 spiro atoms. The van der Waals surface area contributed by atoms with E-state index in [4.69, 9.17) is 9.47 Å². The summed E-state index contributed by atoms with van der Waals surface area (Å²) < 4.78 is 12.0. The minimum absolute atomic E-state index is 0.159. The molecule has 5 nitrogen and oxygen atoms in total. The minimum Gasteiger partial charge on any atom is -0.492 e. The highest BCUT2D eigenvalue weighted by molar-refractivity contribution is 14.1. The van der Waals surface area contributed by atoms with Gasteiger partial charge < -0.3 is 14.8 Å². The maximum absolute atomic E-state index is 12.3. The van der Waals surface area contributed by atoms with Crippen molar-refractivity contribution < 1.29 is 14.3 Å². The highest BCUT2D eigenvalue weighted by Crippen LogP contribution is 2.36. The van der Waals surface area contributed by atoms with Crippen molar-refractivity contribution in [3.63, 3.8) is 0 Å². The fourth-order valence-corrected chi connectivity index (χ4v) is 4.07. The van der Waals surface area contributed by atoms with Crippen molar-refractivity contribution in [3.8, 4) is 11.5 Å². The maximum atomic E-state index is 12.3. The number of halogens is 1. The largest absolute Gasteiger partial charge is 0.492 e. The Morgan fingerprint density at radius 2 is 2.04 bits per heavy atom. The first kappa shape index (κ1) is 18.8. The maximum Gasteiger partial charge on any atom is 0.264 e. The van der Waals surface area contributed by atoms with E-state index in [1.807, 2.05) is 55.5 Å². The van der Waals surface area contributed by atoms with Gasteiger partial charge in [0.2, 0.25) is 0 Å². The number of benzene rings is 2. The summed E-state index contributed by atoms with van der Waals surface area (Å²) in [7, 11) is 1.62. The molecule has 2 aromatic rings. The summed E-state index contributed by atoms with van der Waals surface area (Å²) in [6.45, 7) is 2.46. The number of carbonyl (C=O) groups excluding carboxylic acids is 1. The van der Waals surface area contributed by atoms with Gasteiger partial charge in [-0.1, -0.05) is 18.2 Å². The van der Waals surface area contributed by atoms with Gasteiger partial charge in [-0.3, -0.25) is 4.79 Å². The Balaban J connectivity index is 1.88. The van der Waals surface area contributed by atoms with Crippen molar-refractivity contribution >= 4 is 57.2 Å². The van der Waals surface area contributed by atoms with Gasteiger partial charge in [-0.2, -0.15) is 0 Å². The lowest BCUT2D eigenvalue weighted by Crippen LogP contribution is -2.19. The third kappa shape index (κ3) is 4.39. The predicted molar refractivity (Wildman–Crippen MR) is 114 cm³/mol. The molecular formula is C19H17IN2O3S. The molecule has 2 aromatic carbocycles. The topological polar surface area (TPSA) is 59.9 Å². The smallest absolute Gasteiger partial charge is 0.264 e. The molecule has 0 saturated carbocycles. The molecule has 0 radical (unpaired) electrons. The van der Waals surface area contributed by atoms with Gasteiger partial charge in [0, 0.05) is 0 Å². The average molecular weight is 480 g/mol. The lowest BCUT2D eigenvalue weighted by Gasteiger charge is -2.12. The van der Waals surface area contributed by atoms with E-state index in [9.17, 15) is 4.79 Å². The molecular weight excluding hydrogens is 463 g/mol. The molecule has 1 aliphatic rings. The Kier molecular flexibility index (Phi) is 6.20. The minimum atomic E-state index is -0.159. The number of thioether (sulfide) groups is 1. The Morgan fingerprint density at radius 1 is 1.27 bits per heavy atom. The van der Waals surface area contributed by atoms with Crippen molar-refractivity contribution in [2.45, 2.75) is 6.92 Å². The summed E-state index contributed by atoms with van der Waals surface area (Å²) in [4.78, 5) is 17.3. The van der Waals surface area contributed by atoms with E-state index in [-0.39, 0.29) is 5.91 Å². The number of nitrogens with zero attached hydrogens (tertiary/aromatic N) is 1. The van der Waals surface area contributed by atoms with Crippen LogP contribution in [0.25, 0.3) is 6.08 Å². The molecule has 0 bridgehead atoms. The molecule has 1 heterocycles. The summed E-state index contributed by atoms with van der Waals surface area (Å²) in [6, 6.07) is 13.4. The van der Waals surface area contributed by atoms with E-state index in [1.165, 1.54) is 11.8 Å². The monoisotopic (exact) mass is 480 g/mol. The average Bonchev–Trinajstić information content (AvgIpc) is 2.95. The fraction of sp³-hybridized carbons (Fsp3) is 0.158. The molecule has 0 aromatic heterocycles. The molecule has 1 aliphatic heterocycles. The molecule has 0 unspecified atom stereocenters. The standard InChI is InChI=1S/C19H17IN2O3S/c1-3-25-15-10-12(9-14(20)17(15)24-2)11-16-18(23)22-19(26-16)21-13-7-5-4-6-8-13/h4-11H,3H2,1-2H3,(H,21,22,23)/b16-11-. The molecule has 1 fully saturated rings. The van der Waals surface area contributed by atoms with Crippen LogP contribution >= 0.6 is 34.4 Å². The zero-order valence-corrected chi connectivity index (χ0v) is 17.3. The van der Waals surface area contributed by atoms with Crippen LogP contribution in [0, 0.1) is 3.57 Å². The van der Waals surface area contributed by atoms with Crippen LogP contribution in [0.4, 0.5) is 5.69 Å². The lowest BCUT2D eigenvalue weighted by molar-refractivity contribution is -0.115. The van der Waals surface area contributed by atoms with Gasteiger partial charge in [-0.25, -0.2) is 4.99 Å². The van der Waals surface area contributed by atoms with Crippen LogP contribution in [0.3, 0.4) is 0 Å². The number of carbonyl (C=O) groups is 1. The molecule has 26 heavy (non-hydrogen) atoms. The molecule has 134 valence electrons. The normalized spacial score (nSPS) is 16.8. The molecule has 1 N–H and O–H groups in total. The van der Waals surface area contributed by atoms with Gasteiger partial charge in [-0.15, -0.1) is 0 Å². The molecule has 3 rings (SSSR count). The predicted octanol–water partition coefficient (Wildman–Crippen LogP) is 4.59. The second kappa shape index (κ2) is 8.59. The molecule has 7 heteroatoms. The van der Waals surface area contributed by atoms with Crippen molar-refractivity contribution in [1.82, 2.24) is 5.32 Å². The molecule has 1 saturated heterocycles. The van der Waals surface area contributed by atoms with Crippen molar-refractivity contribution in [2.75, 3.05) is 13.7 Å². The van der Waals surface area contributed by atoms with E-state index in [0.717, 1.165) is 14.8 Å². The second-order valence-corrected chi connectivity index (χ2v) is 7.48. The molecule has 0 atom stereocenters. The number of rotatable bonds is 5. The quantitative estimate of drug-likeness (QED) is 0.503. The van der Waals surface area contributed by atoms with Crippen LogP contribution in [-0.4, -0.2) is 24.8 Å². The third-order valence-corrected chi connectivity index (χ3v) is 5.18. The van der Waals surface area contributed by atoms with Gasteiger partial charge in [0.05, 0.1) is 27.9 Å². The van der Waals surface area contributed by atoms with Crippen LogP contribution in [0.2, 0.25) is 0 Å². The summed E-state index contributed by atoms with van der Waals surface area (Å²) in [6.07, 6.45) is 1.83. The number of para-hydroxylation sites is 1. The Morgan fingerprint density at radius 3 is 2.73 bits per heavy atom. The van der Waals surface area contributed by atoms with E-state index in [0.29, 0.717) is 28.2 Å². The number of hydrogen-bond donors (Lipinski definition) is 1. The van der Waals surface area contributed by atoms with Crippen LogP contribution in [0.15, 0.2) is 52.4 Å². The van der Waals surface area contributed by atoms with Gasteiger partial charge in [0.15, 0.2) is 16.7 Å². The van der Waals surface area contributed by atoms with Crippen molar-refractivity contribution in [2.24, 2.45) is 4.99 Å². The van der Waals surface area contributed by atoms with Crippen LogP contribution < -0.4 is 14.8 Å². The van der Waals surface area contributed by atoms with E-state index >= 15 is 0 Å². The third-order valence-electron chi connectivity index (χ3n) is 3.47. The first-order valence-corrected chi connectivity index (χ1v) is 9.85. The number of nitrogens with one attached hydrogen (secondary N) is 1. The second-order valence-electron chi connectivity index (χ2n) is 5.28. The number of ether oxygens (including phenoxy) is 2. The fourth-order valence-electron chi connectivity index (χ4n) is 2.38. The van der Waals surface area contributed by atoms with E-state index in [2.05, 4.69) is 32.9 Å². The number of hydrogen-bond acceptors (Lipinski definition) is 5. The Labute approximate surface area is 170 Å². The SMILES string of the molecule is CCOc1cc(/C=C2\SC(=Nc3ccccc3)NC2=O)cc(I)c1OC. The van der Waals surface area contributed by atoms with Gasteiger partial charge in [0.1, 0.15) is 0 Å². The summed E-state index contributed by atoms with van der Waals surface area (Å²) in [5, 5.41) is 3.37. The number of amidine groups is 1. The zero-order chi connectivity index (χ0) is 18.5.